The molecule has 1 aliphatic carbocycles. The predicted molar refractivity (Wildman–Crippen MR) is 71.0 cm³/mol. The molecule has 1 unspecified atom stereocenters. The van der Waals surface area contributed by atoms with E-state index in [1.807, 2.05) is 0 Å². The van der Waals surface area contributed by atoms with Crippen LogP contribution in [0.5, 0.6) is 0 Å². The number of benzene rings is 1. The Morgan fingerprint density at radius 1 is 1.00 bits per heavy atom. The van der Waals surface area contributed by atoms with E-state index in [1.165, 1.54) is 11.1 Å². The van der Waals surface area contributed by atoms with E-state index >= 15 is 0 Å². The largest absolute Gasteiger partial charge is 0.0773 e. The van der Waals surface area contributed by atoms with Crippen molar-refractivity contribution in [3.63, 3.8) is 0 Å². The van der Waals surface area contributed by atoms with Crippen LogP contribution in [0.15, 0.2) is 60.7 Å². The molecule has 0 aliphatic heterocycles. The molecular weight excluding hydrogens is 192 g/mol. The van der Waals surface area contributed by atoms with Crippen LogP contribution in [-0.2, 0) is 0 Å². The second-order valence-electron chi connectivity index (χ2n) is 4.55. The Kier molecular flexibility index (Phi) is 3.40. The summed E-state index contributed by atoms with van der Waals surface area (Å²) in [6.45, 7) is 4.53. The third-order valence-corrected chi connectivity index (χ3v) is 2.97. The molecule has 2 rings (SSSR count). The van der Waals surface area contributed by atoms with E-state index in [-0.39, 0.29) is 0 Å². The Morgan fingerprint density at radius 2 is 1.75 bits per heavy atom. The number of hydrogen-bond donors (Lipinski definition) is 0. The lowest BCUT2D eigenvalue weighted by molar-refractivity contribution is 0.552. The van der Waals surface area contributed by atoms with Crippen molar-refractivity contribution in [3.8, 4) is 0 Å². The molecule has 0 heterocycles. The van der Waals surface area contributed by atoms with Crippen LogP contribution in [0.3, 0.4) is 0 Å². The first-order valence-electron chi connectivity index (χ1n) is 5.89. The molecule has 1 aliphatic rings. The highest BCUT2D eigenvalue weighted by molar-refractivity contribution is 5.75. The zero-order valence-corrected chi connectivity index (χ0v) is 9.93. The molecule has 1 aromatic carbocycles. The number of hydrogen-bond acceptors (Lipinski definition) is 0. The summed E-state index contributed by atoms with van der Waals surface area (Å²) in [6.07, 6.45) is 11.1. The van der Waals surface area contributed by atoms with E-state index in [9.17, 15) is 0 Å². The van der Waals surface area contributed by atoms with Crippen molar-refractivity contribution in [3.05, 3.63) is 66.3 Å². The smallest absolute Gasteiger partial charge is 0.00181 e. The lowest BCUT2D eigenvalue weighted by Crippen LogP contribution is -2.02. The molecule has 0 spiro atoms. The highest BCUT2D eigenvalue weighted by atomic mass is 14.1. The quantitative estimate of drug-likeness (QED) is 0.675. The van der Waals surface area contributed by atoms with E-state index in [0.29, 0.717) is 11.8 Å². The molecule has 0 saturated heterocycles. The molecule has 0 N–H and O–H groups in total. The van der Waals surface area contributed by atoms with Crippen LogP contribution in [0, 0.1) is 11.8 Å². The van der Waals surface area contributed by atoms with Crippen molar-refractivity contribution >= 4 is 5.57 Å². The maximum absolute atomic E-state index is 2.36. The normalized spacial score (nSPS) is 19.7. The van der Waals surface area contributed by atoms with Gasteiger partial charge in [-0.3, -0.25) is 0 Å². The summed E-state index contributed by atoms with van der Waals surface area (Å²) in [5.41, 5.74) is 2.62. The summed E-state index contributed by atoms with van der Waals surface area (Å²) in [5.74, 6) is 1.18. The van der Waals surface area contributed by atoms with Crippen LogP contribution in [0.4, 0.5) is 0 Å². The fourth-order valence-corrected chi connectivity index (χ4v) is 1.91. The Morgan fingerprint density at radius 3 is 2.44 bits per heavy atom. The van der Waals surface area contributed by atoms with Crippen molar-refractivity contribution in [1.29, 1.82) is 0 Å². The van der Waals surface area contributed by atoms with Gasteiger partial charge in [-0.15, -0.1) is 0 Å². The van der Waals surface area contributed by atoms with E-state index in [1.54, 1.807) is 0 Å². The van der Waals surface area contributed by atoms with Gasteiger partial charge in [0.15, 0.2) is 0 Å². The Labute approximate surface area is 98.0 Å². The molecule has 0 bridgehead atoms. The van der Waals surface area contributed by atoms with Crippen LogP contribution in [-0.4, -0.2) is 0 Å². The molecule has 0 nitrogen and oxygen atoms in total. The zero-order valence-electron chi connectivity index (χ0n) is 9.93. The molecular formula is C16H18. The Bertz CT molecular complexity index is 419. The van der Waals surface area contributed by atoms with E-state index in [0.717, 1.165) is 0 Å². The van der Waals surface area contributed by atoms with Gasteiger partial charge < -0.3 is 0 Å². The number of rotatable bonds is 2. The molecule has 1 aromatic rings. The summed E-state index contributed by atoms with van der Waals surface area (Å²) in [4.78, 5) is 0. The first kappa shape index (κ1) is 10.9. The van der Waals surface area contributed by atoms with Crippen molar-refractivity contribution < 1.29 is 0 Å². The van der Waals surface area contributed by atoms with Gasteiger partial charge >= 0.3 is 0 Å². The zero-order chi connectivity index (χ0) is 11.4. The molecule has 82 valence electrons. The van der Waals surface area contributed by atoms with Gasteiger partial charge in [-0.05, 0) is 23.0 Å². The minimum Gasteiger partial charge on any atom is -0.0773 e. The van der Waals surface area contributed by atoms with Gasteiger partial charge in [0.25, 0.3) is 0 Å². The maximum Gasteiger partial charge on any atom is -0.00181 e. The third-order valence-electron chi connectivity index (χ3n) is 2.97. The van der Waals surface area contributed by atoms with Crippen LogP contribution in [0.25, 0.3) is 5.57 Å². The lowest BCUT2D eigenvalue weighted by atomic mass is 9.92. The standard InChI is InChI=1S/C16H18/c1-13(2)15-10-6-7-11-16(12-15)14-8-4-3-5-9-14/h3-13,15H,1-2H3. The topological polar surface area (TPSA) is 0 Å². The van der Waals surface area contributed by atoms with Gasteiger partial charge in [-0.1, -0.05) is 74.6 Å². The van der Waals surface area contributed by atoms with Crippen LogP contribution in [0.2, 0.25) is 0 Å². The van der Waals surface area contributed by atoms with Gasteiger partial charge in [0.1, 0.15) is 0 Å². The fourth-order valence-electron chi connectivity index (χ4n) is 1.91. The molecule has 1 atom stereocenters. The summed E-state index contributed by atoms with van der Waals surface area (Å²) in [6, 6.07) is 10.6. The highest BCUT2D eigenvalue weighted by Gasteiger charge is 2.09. The predicted octanol–water partition coefficient (Wildman–Crippen LogP) is 4.47. The molecule has 0 heteroatoms. The van der Waals surface area contributed by atoms with Gasteiger partial charge in [0, 0.05) is 0 Å². The van der Waals surface area contributed by atoms with Crippen LogP contribution < -0.4 is 0 Å². The summed E-state index contributed by atoms with van der Waals surface area (Å²) in [5, 5.41) is 0. The van der Waals surface area contributed by atoms with Gasteiger partial charge in [0.2, 0.25) is 0 Å². The molecule has 0 radical (unpaired) electrons. The SMILES string of the molecule is CC(C)C1C=CC=CC(c2ccccc2)=C1. The monoisotopic (exact) mass is 210 g/mol. The average molecular weight is 210 g/mol. The first-order valence-corrected chi connectivity index (χ1v) is 5.89. The van der Waals surface area contributed by atoms with Gasteiger partial charge in [-0.25, -0.2) is 0 Å². The maximum atomic E-state index is 2.36. The Hall–Kier alpha value is -1.56. The second kappa shape index (κ2) is 4.98. The molecule has 0 fully saturated rings. The summed E-state index contributed by atoms with van der Waals surface area (Å²) in [7, 11) is 0. The van der Waals surface area contributed by atoms with E-state index < -0.39 is 0 Å². The second-order valence-corrected chi connectivity index (χ2v) is 4.55. The van der Waals surface area contributed by atoms with Crippen molar-refractivity contribution in [1.82, 2.24) is 0 Å². The van der Waals surface area contributed by atoms with E-state index in [2.05, 4.69) is 74.6 Å². The van der Waals surface area contributed by atoms with Crippen LogP contribution in [0.1, 0.15) is 19.4 Å². The summed E-state index contributed by atoms with van der Waals surface area (Å²) >= 11 is 0. The minimum absolute atomic E-state index is 0.533. The molecule has 16 heavy (non-hydrogen) atoms. The van der Waals surface area contributed by atoms with Gasteiger partial charge in [-0.2, -0.15) is 0 Å². The highest BCUT2D eigenvalue weighted by Crippen LogP contribution is 2.24. The van der Waals surface area contributed by atoms with Crippen LogP contribution >= 0.6 is 0 Å². The summed E-state index contributed by atoms with van der Waals surface area (Å²) < 4.78 is 0. The van der Waals surface area contributed by atoms with Gasteiger partial charge in [0.05, 0.1) is 0 Å². The first-order chi connectivity index (χ1) is 7.77. The number of allylic oxidation sites excluding steroid dienone is 6. The lowest BCUT2D eigenvalue weighted by Gasteiger charge is -2.13. The minimum atomic E-state index is 0.533. The molecule has 0 amide bonds. The third kappa shape index (κ3) is 2.52. The van der Waals surface area contributed by atoms with Crippen molar-refractivity contribution in [2.75, 3.05) is 0 Å². The fraction of sp³-hybridized carbons (Fsp3) is 0.250. The van der Waals surface area contributed by atoms with E-state index in [4.69, 9.17) is 0 Å². The van der Waals surface area contributed by atoms with Crippen molar-refractivity contribution in [2.45, 2.75) is 13.8 Å². The molecule has 0 saturated carbocycles. The van der Waals surface area contributed by atoms with Crippen molar-refractivity contribution in [2.24, 2.45) is 11.8 Å². The molecule has 0 aromatic heterocycles. The Balaban J connectivity index is 2.34. The average Bonchev–Trinajstić information content (AvgIpc) is 2.56.